The van der Waals surface area contributed by atoms with E-state index in [1.54, 1.807) is 12.4 Å². The van der Waals surface area contributed by atoms with Crippen LogP contribution in [0.2, 0.25) is 0 Å². The molecule has 0 amide bonds. The third-order valence-corrected chi connectivity index (χ3v) is 2.79. The first-order valence-electron chi connectivity index (χ1n) is 6.01. The molecule has 0 atom stereocenters. The summed E-state index contributed by atoms with van der Waals surface area (Å²) in [5.74, 6) is -0.135. The summed E-state index contributed by atoms with van der Waals surface area (Å²) in [6, 6.07) is 2.69. The van der Waals surface area contributed by atoms with Crippen molar-refractivity contribution in [2.24, 2.45) is 0 Å². The van der Waals surface area contributed by atoms with Gasteiger partial charge < -0.3 is 10.3 Å². The predicted molar refractivity (Wildman–Crippen MR) is 65.4 cm³/mol. The number of nitrogens with zero attached hydrogens (tertiary/aromatic N) is 1. The first-order chi connectivity index (χ1) is 9.47. The number of aromatic nitrogens is 2. The summed E-state index contributed by atoms with van der Waals surface area (Å²) in [6.07, 6.45) is -0.691. The fourth-order valence-corrected chi connectivity index (χ4v) is 1.83. The monoisotopic (exact) mass is 287 g/mol. The van der Waals surface area contributed by atoms with E-state index in [9.17, 15) is 17.6 Å². The van der Waals surface area contributed by atoms with E-state index in [4.69, 9.17) is 0 Å². The summed E-state index contributed by atoms with van der Waals surface area (Å²) in [6.45, 7) is 0.498. The van der Waals surface area contributed by atoms with Gasteiger partial charge in [0, 0.05) is 31.9 Å². The predicted octanol–water partition coefficient (Wildman–Crippen LogP) is 2.90. The minimum atomic E-state index is -4.56. The number of benzene rings is 1. The molecule has 20 heavy (non-hydrogen) atoms. The SMILES string of the molecule is Fc1ccc(CNCCc2ncc[nH]2)c(C(F)(F)F)c1. The number of rotatable bonds is 5. The second-order valence-electron chi connectivity index (χ2n) is 4.26. The number of H-pyrrole nitrogens is 1. The van der Waals surface area contributed by atoms with E-state index in [0.29, 0.717) is 19.0 Å². The summed E-state index contributed by atoms with van der Waals surface area (Å²) in [5, 5.41) is 2.89. The highest BCUT2D eigenvalue weighted by Crippen LogP contribution is 2.32. The van der Waals surface area contributed by atoms with Gasteiger partial charge in [0.05, 0.1) is 5.56 Å². The van der Waals surface area contributed by atoms with Crippen LogP contribution in [0.3, 0.4) is 0 Å². The molecule has 0 saturated carbocycles. The fourth-order valence-electron chi connectivity index (χ4n) is 1.83. The van der Waals surface area contributed by atoms with Gasteiger partial charge in [0.1, 0.15) is 11.6 Å². The Labute approximate surface area is 113 Å². The van der Waals surface area contributed by atoms with Crippen molar-refractivity contribution in [1.82, 2.24) is 15.3 Å². The van der Waals surface area contributed by atoms with Gasteiger partial charge in [-0.05, 0) is 17.7 Å². The van der Waals surface area contributed by atoms with Crippen LogP contribution in [-0.2, 0) is 19.1 Å². The minimum absolute atomic E-state index is 0.0236. The quantitative estimate of drug-likeness (QED) is 0.656. The first kappa shape index (κ1) is 14.5. The van der Waals surface area contributed by atoms with E-state index in [2.05, 4.69) is 15.3 Å². The Bertz CT molecular complexity index is 549. The number of halogens is 4. The van der Waals surface area contributed by atoms with E-state index >= 15 is 0 Å². The standard InChI is InChI=1S/C13H13F4N3/c14-10-2-1-9(11(7-10)13(15,16)17)8-18-4-3-12-19-5-6-20-12/h1-2,5-7,18H,3-4,8H2,(H,19,20). The maximum Gasteiger partial charge on any atom is 0.416 e. The molecule has 108 valence electrons. The van der Waals surface area contributed by atoms with Crippen LogP contribution in [0.5, 0.6) is 0 Å². The molecule has 0 saturated heterocycles. The summed E-state index contributed by atoms with van der Waals surface area (Å²) in [5.41, 5.74) is -0.915. The zero-order valence-corrected chi connectivity index (χ0v) is 10.5. The van der Waals surface area contributed by atoms with Crippen molar-refractivity contribution in [3.8, 4) is 0 Å². The van der Waals surface area contributed by atoms with E-state index in [1.165, 1.54) is 0 Å². The van der Waals surface area contributed by atoms with Crippen molar-refractivity contribution in [1.29, 1.82) is 0 Å². The Balaban J connectivity index is 1.95. The Morgan fingerprint density at radius 2 is 2.05 bits per heavy atom. The molecule has 7 heteroatoms. The number of nitrogens with one attached hydrogen (secondary N) is 2. The van der Waals surface area contributed by atoms with E-state index in [1.807, 2.05) is 0 Å². The summed E-state index contributed by atoms with van der Waals surface area (Å²) < 4.78 is 51.2. The van der Waals surface area contributed by atoms with E-state index in [0.717, 1.165) is 18.0 Å². The molecule has 0 spiro atoms. The third-order valence-electron chi connectivity index (χ3n) is 2.79. The zero-order chi connectivity index (χ0) is 14.6. The second-order valence-corrected chi connectivity index (χ2v) is 4.26. The lowest BCUT2D eigenvalue weighted by Crippen LogP contribution is -2.20. The molecular formula is C13H13F4N3. The molecule has 0 bridgehead atoms. The van der Waals surface area contributed by atoms with Crippen LogP contribution in [0, 0.1) is 5.82 Å². The highest BCUT2D eigenvalue weighted by atomic mass is 19.4. The number of hydrogen-bond donors (Lipinski definition) is 2. The third kappa shape index (κ3) is 3.80. The van der Waals surface area contributed by atoms with Crippen LogP contribution >= 0.6 is 0 Å². The second kappa shape index (κ2) is 6.04. The van der Waals surface area contributed by atoms with Crippen LogP contribution in [0.25, 0.3) is 0 Å². The highest BCUT2D eigenvalue weighted by molar-refractivity contribution is 5.30. The zero-order valence-electron chi connectivity index (χ0n) is 10.5. The van der Waals surface area contributed by atoms with Gasteiger partial charge in [-0.3, -0.25) is 0 Å². The molecule has 2 rings (SSSR count). The topological polar surface area (TPSA) is 40.7 Å². The average molecular weight is 287 g/mol. The molecule has 0 radical (unpaired) electrons. The lowest BCUT2D eigenvalue weighted by molar-refractivity contribution is -0.138. The van der Waals surface area contributed by atoms with Gasteiger partial charge in [0.2, 0.25) is 0 Å². The maximum atomic E-state index is 12.9. The summed E-state index contributed by atoms with van der Waals surface area (Å²) in [7, 11) is 0. The Kier molecular flexibility index (Phi) is 4.39. The van der Waals surface area contributed by atoms with Gasteiger partial charge >= 0.3 is 6.18 Å². The molecule has 2 N–H and O–H groups in total. The average Bonchev–Trinajstić information content (AvgIpc) is 2.88. The van der Waals surface area contributed by atoms with Gasteiger partial charge in [-0.2, -0.15) is 13.2 Å². The molecule has 1 aromatic carbocycles. The minimum Gasteiger partial charge on any atom is -0.349 e. The number of aromatic amines is 1. The van der Waals surface area contributed by atoms with Crippen LogP contribution in [0.4, 0.5) is 17.6 Å². The van der Waals surface area contributed by atoms with Crippen molar-refractivity contribution in [3.63, 3.8) is 0 Å². The molecule has 1 aromatic heterocycles. The Hall–Kier alpha value is -1.89. The number of hydrogen-bond acceptors (Lipinski definition) is 2. The molecule has 0 aliphatic carbocycles. The number of alkyl halides is 3. The van der Waals surface area contributed by atoms with E-state index < -0.39 is 17.6 Å². The van der Waals surface area contributed by atoms with Gasteiger partial charge in [0.25, 0.3) is 0 Å². The van der Waals surface area contributed by atoms with Crippen LogP contribution in [0.1, 0.15) is 17.0 Å². The van der Waals surface area contributed by atoms with Gasteiger partial charge in [0.15, 0.2) is 0 Å². The number of imidazole rings is 1. The maximum absolute atomic E-state index is 12.9. The van der Waals surface area contributed by atoms with Crippen molar-refractivity contribution >= 4 is 0 Å². The fraction of sp³-hybridized carbons (Fsp3) is 0.308. The van der Waals surface area contributed by atoms with Crippen LogP contribution < -0.4 is 5.32 Å². The van der Waals surface area contributed by atoms with Crippen molar-refractivity contribution in [2.75, 3.05) is 6.54 Å². The Morgan fingerprint density at radius 3 is 2.70 bits per heavy atom. The summed E-state index contributed by atoms with van der Waals surface area (Å²) >= 11 is 0. The summed E-state index contributed by atoms with van der Waals surface area (Å²) in [4.78, 5) is 6.90. The first-order valence-corrected chi connectivity index (χ1v) is 6.01. The van der Waals surface area contributed by atoms with Crippen molar-refractivity contribution < 1.29 is 17.6 Å². The van der Waals surface area contributed by atoms with Gasteiger partial charge in [-0.25, -0.2) is 9.37 Å². The molecule has 2 aromatic rings. The molecule has 0 unspecified atom stereocenters. The smallest absolute Gasteiger partial charge is 0.349 e. The van der Waals surface area contributed by atoms with Crippen molar-refractivity contribution in [3.05, 3.63) is 53.4 Å². The van der Waals surface area contributed by atoms with Crippen LogP contribution in [-0.4, -0.2) is 16.5 Å². The molecule has 0 fully saturated rings. The largest absolute Gasteiger partial charge is 0.416 e. The van der Waals surface area contributed by atoms with E-state index in [-0.39, 0.29) is 12.1 Å². The normalized spacial score (nSPS) is 11.8. The molecular weight excluding hydrogens is 274 g/mol. The molecule has 1 heterocycles. The van der Waals surface area contributed by atoms with Gasteiger partial charge in [-0.15, -0.1) is 0 Å². The van der Waals surface area contributed by atoms with Crippen LogP contribution in [0.15, 0.2) is 30.6 Å². The van der Waals surface area contributed by atoms with Crippen molar-refractivity contribution in [2.45, 2.75) is 19.1 Å². The lowest BCUT2D eigenvalue weighted by atomic mass is 10.1. The lowest BCUT2D eigenvalue weighted by Gasteiger charge is -2.13. The molecule has 0 aliphatic rings. The van der Waals surface area contributed by atoms with Gasteiger partial charge in [-0.1, -0.05) is 6.07 Å². The molecule has 3 nitrogen and oxygen atoms in total. The molecule has 0 aliphatic heterocycles. The Morgan fingerprint density at radius 1 is 1.25 bits per heavy atom. The highest BCUT2D eigenvalue weighted by Gasteiger charge is 2.33.